The van der Waals surface area contributed by atoms with Gasteiger partial charge in [-0.15, -0.1) is 0 Å². The summed E-state index contributed by atoms with van der Waals surface area (Å²) in [6, 6.07) is 9.00. The molecule has 1 aromatic rings. The SMILES string of the molecule is CC=CC(C)(C=CC)c1ccc(C(C)(C=CC)C=CC)cc1. The molecule has 0 aromatic heterocycles. The molecule has 0 amide bonds. The van der Waals surface area contributed by atoms with Gasteiger partial charge < -0.3 is 0 Å². The fourth-order valence-electron chi connectivity index (χ4n) is 3.07. The minimum Gasteiger partial charge on any atom is -0.0905 e. The zero-order valence-corrected chi connectivity index (χ0v) is 14.9. The predicted molar refractivity (Wildman–Crippen MR) is 100 cm³/mol. The van der Waals surface area contributed by atoms with Crippen LogP contribution in [-0.2, 0) is 10.8 Å². The normalized spacial score (nSPS) is 18.5. The van der Waals surface area contributed by atoms with Gasteiger partial charge >= 0.3 is 0 Å². The lowest BCUT2D eigenvalue weighted by Gasteiger charge is -2.26. The minimum absolute atomic E-state index is 0.0420. The highest BCUT2D eigenvalue weighted by Crippen LogP contribution is 2.32. The van der Waals surface area contributed by atoms with Gasteiger partial charge in [-0.05, 0) is 52.7 Å². The fraction of sp³-hybridized carbons (Fsp3) is 0.364. The summed E-state index contributed by atoms with van der Waals surface area (Å²) in [5.74, 6) is 0. The second kappa shape index (κ2) is 7.98. The van der Waals surface area contributed by atoms with Crippen LogP contribution in [0.1, 0.15) is 52.7 Å². The number of hydrogen-bond donors (Lipinski definition) is 0. The molecule has 0 saturated heterocycles. The Morgan fingerprint density at radius 3 is 0.955 bits per heavy atom. The Balaban J connectivity index is 3.29. The van der Waals surface area contributed by atoms with Crippen molar-refractivity contribution in [2.75, 3.05) is 0 Å². The first-order valence-corrected chi connectivity index (χ1v) is 8.12. The van der Waals surface area contributed by atoms with Crippen LogP contribution in [0.4, 0.5) is 0 Å². The molecule has 0 fully saturated rings. The maximum absolute atomic E-state index is 2.25. The Morgan fingerprint density at radius 2 is 0.773 bits per heavy atom. The van der Waals surface area contributed by atoms with Crippen molar-refractivity contribution in [1.29, 1.82) is 0 Å². The van der Waals surface area contributed by atoms with Crippen LogP contribution in [0, 0.1) is 0 Å². The Hall–Kier alpha value is -1.82. The summed E-state index contributed by atoms with van der Waals surface area (Å²) >= 11 is 0. The lowest BCUT2D eigenvalue weighted by molar-refractivity contribution is 0.736. The van der Waals surface area contributed by atoms with Gasteiger partial charge in [-0.2, -0.15) is 0 Å². The Kier molecular flexibility index (Phi) is 6.61. The zero-order valence-electron chi connectivity index (χ0n) is 14.9. The maximum Gasteiger partial charge on any atom is 0.0283 e. The van der Waals surface area contributed by atoms with E-state index in [0.29, 0.717) is 0 Å². The summed E-state index contributed by atoms with van der Waals surface area (Å²) in [6.45, 7) is 12.8. The van der Waals surface area contributed by atoms with Crippen molar-refractivity contribution in [3.63, 3.8) is 0 Å². The van der Waals surface area contributed by atoms with E-state index in [1.807, 2.05) is 0 Å². The third-order valence-corrected chi connectivity index (χ3v) is 4.18. The fourth-order valence-corrected chi connectivity index (χ4v) is 3.07. The summed E-state index contributed by atoms with van der Waals surface area (Å²) in [5.41, 5.74) is 2.55. The van der Waals surface area contributed by atoms with Gasteiger partial charge in [0.2, 0.25) is 0 Å². The molecule has 0 radical (unpaired) electrons. The van der Waals surface area contributed by atoms with Crippen molar-refractivity contribution in [3.05, 3.63) is 84.0 Å². The van der Waals surface area contributed by atoms with Crippen molar-refractivity contribution in [2.24, 2.45) is 0 Å². The number of benzene rings is 1. The first-order chi connectivity index (χ1) is 10.5. The lowest BCUT2D eigenvalue weighted by atomic mass is 9.77. The topological polar surface area (TPSA) is 0 Å². The lowest BCUT2D eigenvalue weighted by Crippen LogP contribution is -2.18. The average molecular weight is 294 g/mol. The van der Waals surface area contributed by atoms with Crippen LogP contribution >= 0.6 is 0 Å². The van der Waals surface area contributed by atoms with Crippen molar-refractivity contribution in [3.8, 4) is 0 Å². The highest BCUT2D eigenvalue weighted by Gasteiger charge is 2.23. The zero-order chi connectivity index (χ0) is 16.6. The van der Waals surface area contributed by atoms with Gasteiger partial charge in [0.05, 0.1) is 0 Å². The Morgan fingerprint density at radius 1 is 0.545 bits per heavy atom. The second-order valence-electron chi connectivity index (χ2n) is 6.14. The molecule has 0 saturated carbocycles. The molecule has 0 unspecified atom stereocenters. The molecule has 0 aliphatic heterocycles. The summed E-state index contributed by atoms with van der Waals surface area (Å²) in [5, 5.41) is 0. The molecule has 0 atom stereocenters. The molecule has 0 heterocycles. The quantitative estimate of drug-likeness (QED) is 0.525. The second-order valence-corrected chi connectivity index (χ2v) is 6.14. The van der Waals surface area contributed by atoms with E-state index < -0.39 is 0 Å². The first-order valence-electron chi connectivity index (χ1n) is 8.12. The molecule has 0 aliphatic rings. The summed E-state index contributed by atoms with van der Waals surface area (Å²) in [7, 11) is 0. The smallest absolute Gasteiger partial charge is 0.0283 e. The van der Waals surface area contributed by atoms with Crippen LogP contribution in [0.2, 0.25) is 0 Å². The number of rotatable bonds is 6. The molecule has 0 heteroatoms. The van der Waals surface area contributed by atoms with Crippen molar-refractivity contribution in [2.45, 2.75) is 52.4 Å². The molecular weight excluding hydrogens is 264 g/mol. The largest absolute Gasteiger partial charge is 0.0905 e. The number of hydrogen-bond acceptors (Lipinski definition) is 0. The average Bonchev–Trinajstić information content (AvgIpc) is 2.48. The van der Waals surface area contributed by atoms with E-state index in [0.717, 1.165) is 0 Å². The molecule has 22 heavy (non-hydrogen) atoms. The van der Waals surface area contributed by atoms with E-state index in [4.69, 9.17) is 0 Å². The van der Waals surface area contributed by atoms with Crippen LogP contribution in [0.25, 0.3) is 0 Å². The van der Waals surface area contributed by atoms with Gasteiger partial charge in [-0.25, -0.2) is 0 Å². The highest BCUT2D eigenvalue weighted by atomic mass is 14.3. The molecule has 0 nitrogen and oxygen atoms in total. The van der Waals surface area contributed by atoms with Crippen LogP contribution in [0.3, 0.4) is 0 Å². The molecular formula is C22H30. The molecule has 1 rings (SSSR count). The highest BCUT2D eigenvalue weighted by molar-refractivity contribution is 5.42. The monoisotopic (exact) mass is 294 g/mol. The van der Waals surface area contributed by atoms with Crippen molar-refractivity contribution < 1.29 is 0 Å². The first kappa shape index (κ1) is 18.2. The summed E-state index contributed by atoms with van der Waals surface area (Å²) in [4.78, 5) is 0. The van der Waals surface area contributed by atoms with E-state index in [9.17, 15) is 0 Å². The van der Waals surface area contributed by atoms with Crippen LogP contribution in [0.5, 0.6) is 0 Å². The van der Waals surface area contributed by atoms with Gasteiger partial charge in [-0.1, -0.05) is 72.9 Å². The molecule has 118 valence electrons. The van der Waals surface area contributed by atoms with E-state index in [2.05, 4.69) is 114 Å². The third kappa shape index (κ3) is 4.10. The van der Waals surface area contributed by atoms with E-state index in [1.165, 1.54) is 11.1 Å². The number of allylic oxidation sites excluding steroid dienone is 8. The maximum atomic E-state index is 2.25. The van der Waals surface area contributed by atoms with Gasteiger partial charge in [0.25, 0.3) is 0 Å². The van der Waals surface area contributed by atoms with E-state index in [-0.39, 0.29) is 10.8 Å². The van der Waals surface area contributed by atoms with Crippen LogP contribution in [-0.4, -0.2) is 0 Å². The molecule has 1 aromatic carbocycles. The van der Waals surface area contributed by atoms with Crippen molar-refractivity contribution >= 4 is 0 Å². The molecule has 0 spiro atoms. The van der Waals surface area contributed by atoms with Gasteiger partial charge in [0, 0.05) is 10.8 Å². The van der Waals surface area contributed by atoms with Crippen molar-refractivity contribution in [1.82, 2.24) is 0 Å². The van der Waals surface area contributed by atoms with Gasteiger partial charge in [-0.3, -0.25) is 0 Å². The molecule has 0 bridgehead atoms. The van der Waals surface area contributed by atoms with Crippen LogP contribution in [0.15, 0.2) is 72.9 Å². The summed E-state index contributed by atoms with van der Waals surface area (Å²) < 4.78 is 0. The Bertz CT molecular complexity index is 488. The van der Waals surface area contributed by atoms with E-state index in [1.54, 1.807) is 0 Å². The van der Waals surface area contributed by atoms with Gasteiger partial charge in [0.15, 0.2) is 0 Å². The van der Waals surface area contributed by atoms with Gasteiger partial charge in [0.1, 0.15) is 0 Å². The van der Waals surface area contributed by atoms with E-state index >= 15 is 0 Å². The predicted octanol–water partition coefficient (Wildman–Crippen LogP) is 6.51. The summed E-state index contributed by atoms with van der Waals surface area (Å²) in [6.07, 6.45) is 17.5. The Labute approximate surface area is 137 Å². The third-order valence-electron chi connectivity index (χ3n) is 4.18. The standard InChI is InChI=1S/C22H30/c1-7-15-21(5,16-8-2)19-11-13-20(14-12-19)22(6,17-9-3)18-10-4/h7-18H,1-6H3. The molecule has 0 aliphatic carbocycles. The molecule has 0 N–H and O–H groups in total. The minimum atomic E-state index is -0.0420. The van der Waals surface area contributed by atoms with Crippen LogP contribution < -0.4 is 0 Å².